The molecule has 0 amide bonds. The predicted molar refractivity (Wildman–Crippen MR) is 86.8 cm³/mol. The molecule has 1 aromatic rings. The van der Waals surface area contributed by atoms with E-state index in [9.17, 15) is 0 Å². The van der Waals surface area contributed by atoms with E-state index < -0.39 is 0 Å². The number of unbranched alkanes of at least 4 members (excludes halogenated alkanes) is 1. The minimum atomic E-state index is 0.580. The Morgan fingerprint density at radius 3 is 2.63 bits per heavy atom. The topological polar surface area (TPSA) is 36.4 Å². The Balaban J connectivity index is 2.56. The standard InChI is InChI=1S/C15H23N3S/c1-5-6-9-16-15(19)18-17-13(4)14-8-7-11(2)12(3)10-14/h7-8,10H,5-6,9H2,1-4H3,(H2,16,18,19)/b17-13-. The first-order valence-electron chi connectivity index (χ1n) is 6.70. The third-order valence-electron chi connectivity index (χ3n) is 3.07. The maximum atomic E-state index is 5.15. The number of nitrogens with zero attached hydrogens (tertiary/aromatic N) is 1. The van der Waals surface area contributed by atoms with Crippen molar-refractivity contribution < 1.29 is 0 Å². The molecule has 3 nitrogen and oxygen atoms in total. The SMILES string of the molecule is CCCCNC(=S)N/N=C(/C)c1ccc(C)c(C)c1. The lowest BCUT2D eigenvalue weighted by molar-refractivity contribution is 0.745. The van der Waals surface area contributed by atoms with Crippen LogP contribution in [0.25, 0.3) is 0 Å². The van der Waals surface area contributed by atoms with Gasteiger partial charge in [-0.2, -0.15) is 5.10 Å². The Labute approximate surface area is 121 Å². The number of thiocarbonyl (C=S) groups is 1. The minimum Gasteiger partial charge on any atom is -0.361 e. The molecule has 0 aliphatic rings. The first-order valence-corrected chi connectivity index (χ1v) is 7.11. The lowest BCUT2D eigenvalue weighted by atomic mass is 10.0. The van der Waals surface area contributed by atoms with Crippen LogP contribution in [0.5, 0.6) is 0 Å². The Hall–Kier alpha value is -1.42. The molecule has 0 bridgehead atoms. The van der Waals surface area contributed by atoms with Gasteiger partial charge in [-0.05, 0) is 62.2 Å². The highest BCUT2D eigenvalue weighted by molar-refractivity contribution is 7.80. The van der Waals surface area contributed by atoms with Gasteiger partial charge in [0.05, 0.1) is 5.71 Å². The summed E-state index contributed by atoms with van der Waals surface area (Å²) in [7, 11) is 0. The van der Waals surface area contributed by atoms with Crippen molar-refractivity contribution in [3.63, 3.8) is 0 Å². The number of rotatable bonds is 5. The first-order chi connectivity index (χ1) is 9.04. The van der Waals surface area contributed by atoms with Crippen LogP contribution in [0.4, 0.5) is 0 Å². The fourth-order valence-electron chi connectivity index (χ4n) is 1.58. The number of hydrogen-bond acceptors (Lipinski definition) is 2. The molecule has 0 radical (unpaired) electrons. The average Bonchev–Trinajstić information content (AvgIpc) is 2.39. The molecule has 0 fully saturated rings. The third-order valence-corrected chi connectivity index (χ3v) is 3.30. The van der Waals surface area contributed by atoms with Gasteiger partial charge >= 0.3 is 0 Å². The summed E-state index contributed by atoms with van der Waals surface area (Å²) in [6.45, 7) is 9.24. The van der Waals surface area contributed by atoms with Gasteiger partial charge in [0.1, 0.15) is 0 Å². The zero-order chi connectivity index (χ0) is 14.3. The van der Waals surface area contributed by atoms with Crippen molar-refractivity contribution in [3.8, 4) is 0 Å². The lowest BCUT2D eigenvalue weighted by Crippen LogP contribution is -2.33. The average molecular weight is 277 g/mol. The van der Waals surface area contributed by atoms with Gasteiger partial charge < -0.3 is 5.32 Å². The van der Waals surface area contributed by atoms with E-state index in [1.807, 2.05) is 6.92 Å². The normalized spacial score (nSPS) is 11.3. The van der Waals surface area contributed by atoms with Crippen LogP contribution in [-0.4, -0.2) is 17.4 Å². The van der Waals surface area contributed by atoms with Crippen LogP contribution in [0.3, 0.4) is 0 Å². The molecule has 0 aliphatic heterocycles. The molecule has 0 aromatic heterocycles. The van der Waals surface area contributed by atoms with E-state index in [-0.39, 0.29) is 0 Å². The van der Waals surface area contributed by atoms with E-state index in [4.69, 9.17) is 12.2 Å². The highest BCUT2D eigenvalue weighted by atomic mass is 32.1. The summed E-state index contributed by atoms with van der Waals surface area (Å²) in [6, 6.07) is 6.33. The summed E-state index contributed by atoms with van der Waals surface area (Å²) in [5, 5.41) is 8.01. The largest absolute Gasteiger partial charge is 0.361 e. The molecule has 1 rings (SSSR count). The molecule has 104 valence electrons. The van der Waals surface area contributed by atoms with Crippen molar-refractivity contribution in [2.45, 2.75) is 40.5 Å². The number of benzene rings is 1. The molecule has 0 unspecified atom stereocenters. The molecule has 19 heavy (non-hydrogen) atoms. The van der Waals surface area contributed by atoms with E-state index in [0.29, 0.717) is 5.11 Å². The van der Waals surface area contributed by atoms with Crippen molar-refractivity contribution in [2.24, 2.45) is 5.10 Å². The van der Waals surface area contributed by atoms with Crippen LogP contribution in [0.15, 0.2) is 23.3 Å². The predicted octanol–water partition coefficient (Wildman–Crippen LogP) is 3.29. The first kappa shape index (κ1) is 15.6. The van der Waals surface area contributed by atoms with Gasteiger partial charge in [-0.25, -0.2) is 0 Å². The van der Waals surface area contributed by atoms with Gasteiger partial charge in [0.2, 0.25) is 0 Å². The molecule has 0 spiro atoms. The van der Waals surface area contributed by atoms with Gasteiger partial charge in [-0.15, -0.1) is 0 Å². The van der Waals surface area contributed by atoms with Crippen LogP contribution in [-0.2, 0) is 0 Å². The van der Waals surface area contributed by atoms with E-state index in [0.717, 1.165) is 30.7 Å². The van der Waals surface area contributed by atoms with E-state index >= 15 is 0 Å². The zero-order valence-electron chi connectivity index (χ0n) is 12.2. The highest BCUT2D eigenvalue weighted by Gasteiger charge is 2.00. The van der Waals surface area contributed by atoms with Crippen LogP contribution >= 0.6 is 12.2 Å². The summed E-state index contributed by atoms with van der Waals surface area (Å²) in [6.07, 6.45) is 2.27. The number of hydrogen-bond donors (Lipinski definition) is 2. The molecule has 1 aromatic carbocycles. The van der Waals surface area contributed by atoms with Crippen LogP contribution in [0.1, 0.15) is 43.4 Å². The molecule has 0 heterocycles. The van der Waals surface area contributed by atoms with Crippen LogP contribution in [0, 0.1) is 13.8 Å². The number of aryl methyl sites for hydroxylation is 2. The molecule has 2 N–H and O–H groups in total. The molecule has 4 heteroatoms. The summed E-state index contributed by atoms with van der Waals surface area (Å²) in [5.41, 5.74) is 7.50. The summed E-state index contributed by atoms with van der Waals surface area (Å²) >= 11 is 5.15. The second-order valence-electron chi connectivity index (χ2n) is 4.72. The van der Waals surface area contributed by atoms with Gasteiger partial charge in [-0.3, -0.25) is 5.43 Å². The Bertz CT molecular complexity index is 466. The second-order valence-corrected chi connectivity index (χ2v) is 5.13. The van der Waals surface area contributed by atoms with Crippen molar-refractivity contribution in [1.29, 1.82) is 0 Å². The van der Waals surface area contributed by atoms with Gasteiger partial charge in [0.15, 0.2) is 5.11 Å². The molecule has 0 atom stereocenters. The highest BCUT2D eigenvalue weighted by Crippen LogP contribution is 2.10. The van der Waals surface area contributed by atoms with Crippen LogP contribution in [0.2, 0.25) is 0 Å². The fourth-order valence-corrected chi connectivity index (χ4v) is 1.73. The number of hydrazone groups is 1. The molecule has 0 saturated heterocycles. The fraction of sp³-hybridized carbons (Fsp3) is 0.467. The maximum absolute atomic E-state index is 5.15. The van der Waals surface area contributed by atoms with Crippen molar-refractivity contribution >= 4 is 23.0 Å². The van der Waals surface area contributed by atoms with Crippen LogP contribution < -0.4 is 10.7 Å². The van der Waals surface area contributed by atoms with Gasteiger partial charge in [0.25, 0.3) is 0 Å². The molecule has 0 saturated carbocycles. The smallest absolute Gasteiger partial charge is 0.186 e. The van der Waals surface area contributed by atoms with Crippen molar-refractivity contribution in [3.05, 3.63) is 34.9 Å². The lowest BCUT2D eigenvalue weighted by Gasteiger charge is -2.08. The second kappa shape index (κ2) is 7.89. The van der Waals surface area contributed by atoms with E-state index in [2.05, 4.69) is 54.8 Å². The van der Waals surface area contributed by atoms with Gasteiger partial charge in [0, 0.05) is 6.54 Å². The summed E-state index contributed by atoms with van der Waals surface area (Å²) in [4.78, 5) is 0. The molecule has 0 aliphatic carbocycles. The molecular weight excluding hydrogens is 254 g/mol. The Morgan fingerprint density at radius 2 is 2.00 bits per heavy atom. The van der Waals surface area contributed by atoms with E-state index in [1.165, 1.54) is 11.1 Å². The zero-order valence-corrected chi connectivity index (χ0v) is 13.0. The Morgan fingerprint density at radius 1 is 1.26 bits per heavy atom. The maximum Gasteiger partial charge on any atom is 0.186 e. The minimum absolute atomic E-state index is 0.580. The third kappa shape index (κ3) is 5.39. The number of nitrogens with one attached hydrogen (secondary N) is 2. The monoisotopic (exact) mass is 277 g/mol. The van der Waals surface area contributed by atoms with Gasteiger partial charge in [-0.1, -0.05) is 25.5 Å². The quantitative estimate of drug-likeness (QED) is 0.375. The van der Waals surface area contributed by atoms with E-state index in [1.54, 1.807) is 0 Å². The van der Waals surface area contributed by atoms with Crippen molar-refractivity contribution in [1.82, 2.24) is 10.7 Å². The van der Waals surface area contributed by atoms with Crippen molar-refractivity contribution in [2.75, 3.05) is 6.54 Å². The molecular formula is C15H23N3S. The summed E-state index contributed by atoms with van der Waals surface area (Å²) < 4.78 is 0. The Kier molecular flexibility index (Phi) is 6.50. The summed E-state index contributed by atoms with van der Waals surface area (Å²) in [5.74, 6) is 0.